The molecule has 0 radical (unpaired) electrons. The second-order valence-corrected chi connectivity index (χ2v) is 7.51. The fourth-order valence-electron chi connectivity index (χ4n) is 2.32. The number of benzene rings is 2. The van der Waals surface area contributed by atoms with Crippen molar-refractivity contribution in [1.82, 2.24) is 5.32 Å². The summed E-state index contributed by atoms with van der Waals surface area (Å²) >= 11 is 1.71. The van der Waals surface area contributed by atoms with Crippen molar-refractivity contribution in [2.24, 2.45) is 5.92 Å². The third-order valence-corrected chi connectivity index (χ3v) is 5.17. The summed E-state index contributed by atoms with van der Waals surface area (Å²) < 4.78 is 0. The highest BCUT2D eigenvalue weighted by Gasteiger charge is 2.20. The van der Waals surface area contributed by atoms with Crippen LogP contribution in [0.15, 0.2) is 60.7 Å². The van der Waals surface area contributed by atoms with Crippen molar-refractivity contribution in [2.75, 3.05) is 5.75 Å². The normalized spacial score (nSPS) is 12.4. The molecule has 23 heavy (non-hydrogen) atoms. The van der Waals surface area contributed by atoms with Gasteiger partial charge in [0.2, 0.25) is 5.91 Å². The summed E-state index contributed by atoms with van der Waals surface area (Å²) in [6, 6.07) is 20.2. The van der Waals surface area contributed by atoms with Crippen LogP contribution in [-0.4, -0.2) is 16.9 Å². The Morgan fingerprint density at radius 3 is 1.83 bits per heavy atom. The second kappa shape index (κ2) is 8.78. The van der Waals surface area contributed by atoms with Crippen molar-refractivity contribution in [3.63, 3.8) is 0 Å². The minimum absolute atomic E-state index is 0.0488. The van der Waals surface area contributed by atoms with E-state index < -0.39 is 0 Å². The molecule has 0 aliphatic heterocycles. The van der Waals surface area contributed by atoms with Crippen LogP contribution in [0.1, 0.15) is 37.9 Å². The maximum absolute atomic E-state index is 12.6. The van der Waals surface area contributed by atoms with Gasteiger partial charge in [0.25, 0.3) is 0 Å². The maximum Gasteiger partial charge on any atom is 0.233 e. The lowest BCUT2D eigenvalue weighted by atomic mass is 9.98. The highest BCUT2D eigenvalue weighted by atomic mass is 32.2. The third-order valence-electron chi connectivity index (χ3n) is 3.60. The Hall–Kier alpha value is -1.74. The highest BCUT2D eigenvalue weighted by molar-refractivity contribution is 8.00. The van der Waals surface area contributed by atoms with Crippen LogP contribution >= 0.6 is 11.8 Å². The molecule has 0 fully saturated rings. The van der Waals surface area contributed by atoms with Crippen LogP contribution in [0.4, 0.5) is 0 Å². The quantitative estimate of drug-likeness (QED) is 0.800. The molecule has 0 aliphatic carbocycles. The number of carbonyl (C=O) groups excluding carboxylic acids is 1. The lowest BCUT2D eigenvalue weighted by Gasteiger charge is -2.22. The molecule has 1 unspecified atom stereocenters. The number of rotatable bonds is 7. The van der Waals surface area contributed by atoms with Crippen LogP contribution in [0.5, 0.6) is 0 Å². The number of carbonyl (C=O) groups is 1. The minimum Gasteiger partial charge on any atom is -0.344 e. The van der Waals surface area contributed by atoms with Gasteiger partial charge in [0.05, 0.1) is 11.3 Å². The molecule has 1 N–H and O–H groups in total. The molecule has 0 heterocycles. The predicted octanol–water partition coefficient (Wildman–Crippen LogP) is 4.67. The summed E-state index contributed by atoms with van der Waals surface area (Å²) in [6.07, 6.45) is 0. The predicted molar refractivity (Wildman–Crippen MR) is 99.6 cm³/mol. The van der Waals surface area contributed by atoms with Gasteiger partial charge in [-0.15, -0.1) is 11.8 Å². The molecular weight excluding hydrogens is 302 g/mol. The summed E-state index contributed by atoms with van der Waals surface area (Å²) in [5.74, 6) is 1.68. The molecule has 0 aromatic heterocycles. The average molecular weight is 327 g/mol. The highest BCUT2D eigenvalue weighted by Crippen LogP contribution is 2.23. The molecule has 1 amide bonds. The molecule has 2 aromatic carbocycles. The van der Waals surface area contributed by atoms with Crippen LogP contribution in [0.3, 0.4) is 0 Å². The summed E-state index contributed by atoms with van der Waals surface area (Å²) in [5.41, 5.74) is 2.21. The Balaban J connectivity index is 2.14. The standard InChI is InChI=1S/C20H25NOS/c1-15(2)14-23-16(3)20(22)21-19(17-10-6-4-7-11-17)18-12-8-5-9-13-18/h4-13,15-16,19H,14H2,1-3H3,(H,21,22). The van der Waals surface area contributed by atoms with Crippen molar-refractivity contribution in [3.8, 4) is 0 Å². The van der Waals surface area contributed by atoms with Gasteiger partial charge in [0, 0.05) is 0 Å². The number of amides is 1. The smallest absolute Gasteiger partial charge is 0.233 e. The van der Waals surface area contributed by atoms with Gasteiger partial charge < -0.3 is 5.32 Å². The van der Waals surface area contributed by atoms with E-state index in [0.717, 1.165) is 16.9 Å². The van der Waals surface area contributed by atoms with E-state index in [-0.39, 0.29) is 17.2 Å². The Kier molecular flexibility index (Phi) is 6.72. The molecular formula is C20H25NOS. The Morgan fingerprint density at radius 2 is 1.39 bits per heavy atom. The number of thioether (sulfide) groups is 1. The van der Waals surface area contributed by atoms with Gasteiger partial charge in [-0.1, -0.05) is 74.5 Å². The molecule has 0 saturated heterocycles. The summed E-state index contributed by atoms with van der Waals surface area (Å²) in [5, 5.41) is 3.16. The van der Waals surface area contributed by atoms with E-state index in [1.807, 2.05) is 43.3 Å². The maximum atomic E-state index is 12.6. The lowest BCUT2D eigenvalue weighted by Crippen LogP contribution is -2.35. The number of hydrogen-bond donors (Lipinski definition) is 1. The van der Waals surface area contributed by atoms with Crippen LogP contribution in [-0.2, 0) is 4.79 Å². The zero-order chi connectivity index (χ0) is 16.7. The zero-order valence-corrected chi connectivity index (χ0v) is 14.8. The Bertz CT molecular complexity index is 558. The fraction of sp³-hybridized carbons (Fsp3) is 0.350. The minimum atomic E-state index is -0.105. The molecule has 0 saturated carbocycles. The fourth-order valence-corrected chi connectivity index (χ4v) is 3.22. The van der Waals surface area contributed by atoms with Crippen LogP contribution in [0, 0.1) is 5.92 Å². The van der Waals surface area contributed by atoms with Crippen LogP contribution < -0.4 is 5.32 Å². The van der Waals surface area contributed by atoms with E-state index in [1.165, 1.54) is 0 Å². The summed E-state index contributed by atoms with van der Waals surface area (Å²) in [6.45, 7) is 6.33. The van der Waals surface area contributed by atoms with Crippen molar-refractivity contribution >= 4 is 17.7 Å². The zero-order valence-electron chi connectivity index (χ0n) is 14.0. The van der Waals surface area contributed by atoms with E-state index in [4.69, 9.17) is 0 Å². The average Bonchev–Trinajstić information content (AvgIpc) is 2.58. The Morgan fingerprint density at radius 1 is 0.913 bits per heavy atom. The monoisotopic (exact) mass is 327 g/mol. The van der Waals surface area contributed by atoms with E-state index in [0.29, 0.717) is 5.92 Å². The van der Waals surface area contributed by atoms with Gasteiger partial charge in [-0.2, -0.15) is 0 Å². The van der Waals surface area contributed by atoms with Crippen molar-refractivity contribution in [3.05, 3.63) is 71.8 Å². The van der Waals surface area contributed by atoms with Gasteiger partial charge in [-0.25, -0.2) is 0 Å². The topological polar surface area (TPSA) is 29.1 Å². The Labute approximate surface area is 143 Å². The molecule has 2 rings (SSSR count). The summed E-state index contributed by atoms with van der Waals surface area (Å²) in [7, 11) is 0. The van der Waals surface area contributed by atoms with Gasteiger partial charge >= 0.3 is 0 Å². The molecule has 122 valence electrons. The summed E-state index contributed by atoms with van der Waals surface area (Å²) in [4.78, 5) is 12.6. The van der Waals surface area contributed by atoms with E-state index in [9.17, 15) is 4.79 Å². The second-order valence-electron chi connectivity index (χ2n) is 6.13. The molecule has 2 nitrogen and oxygen atoms in total. The first-order valence-corrected chi connectivity index (χ1v) is 9.14. The van der Waals surface area contributed by atoms with Crippen LogP contribution in [0.2, 0.25) is 0 Å². The van der Waals surface area contributed by atoms with Crippen molar-refractivity contribution in [1.29, 1.82) is 0 Å². The third kappa shape index (κ3) is 5.43. The van der Waals surface area contributed by atoms with Crippen molar-refractivity contribution in [2.45, 2.75) is 32.1 Å². The van der Waals surface area contributed by atoms with Crippen LogP contribution in [0.25, 0.3) is 0 Å². The molecule has 1 atom stereocenters. The van der Waals surface area contributed by atoms with E-state index >= 15 is 0 Å². The first kappa shape index (κ1) is 17.6. The van der Waals surface area contributed by atoms with Gasteiger partial charge in [0.15, 0.2) is 0 Å². The van der Waals surface area contributed by atoms with Gasteiger partial charge in [-0.3, -0.25) is 4.79 Å². The number of nitrogens with one attached hydrogen (secondary N) is 1. The SMILES string of the molecule is CC(C)CSC(C)C(=O)NC(c1ccccc1)c1ccccc1. The van der Waals surface area contributed by atoms with Gasteiger partial charge in [-0.05, 0) is 29.7 Å². The molecule has 3 heteroatoms. The van der Waals surface area contributed by atoms with Gasteiger partial charge in [0.1, 0.15) is 0 Å². The molecule has 0 aliphatic rings. The first-order valence-electron chi connectivity index (χ1n) is 8.09. The van der Waals surface area contributed by atoms with E-state index in [1.54, 1.807) is 11.8 Å². The molecule has 0 bridgehead atoms. The largest absolute Gasteiger partial charge is 0.344 e. The first-order chi connectivity index (χ1) is 11.1. The number of hydrogen-bond acceptors (Lipinski definition) is 2. The van der Waals surface area contributed by atoms with Crippen molar-refractivity contribution < 1.29 is 4.79 Å². The molecule has 0 spiro atoms. The van der Waals surface area contributed by atoms with E-state index in [2.05, 4.69) is 43.4 Å². The lowest BCUT2D eigenvalue weighted by molar-refractivity contribution is -0.120. The molecule has 2 aromatic rings.